The van der Waals surface area contributed by atoms with E-state index < -0.39 is 0 Å². The summed E-state index contributed by atoms with van der Waals surface area (Å²) in [6.07, 6.45) is 8.65. The zero-order valence-electron chi connectivity index (χ0n) is 14.1. The van der Waals surface area contributed by atoms with Gasteiger partial charge in [-0.15, -0.1) is 0 Å². The molecule has 0 amide bonds. The van der Waals surface area contributed by atoms with Crippen LogP contribution in [0.25, 0.3) is 0 Å². The molecule has 1 aromatic carbocycles. The van der Waals surface area contributed by atoms with Gasteiger partial charge in [0.25, 0.3) is 0 Å². The van der Waals surface area contributed by atoms with Crippen molar-refractivity contribution in [2.45, 2.75) is 46.1 Å². The highest BCUT2D eigenvalue weighted by atomic mass is 16.5. The third-order valence-electron chi connectivity index (χ3n) is 5.28. The Balaban J connectivity index is 1.84. The van der Waals surface area contributed by atoms with Gasteiger partial charge in [-0.1, -0.05) is 60.6 Å². The van der Waals surface area contributed by atoms with Crippen molar-refractivity contribution in [2.75, 3.05) is 6.61 Å². The molecule has 22 heavy (non-hydrogen) atoms. The SMILES string of the molecule is CC(C)=CC/C=C1/C[C@H](C)[C@H]2CO[C@H](c3ccccc3)[C@@H]1C2. The van der Waals surface area contributed by atoms with Gasteiger partial charge in [0.2, 0.25) is 0 Å². The fraction of sp³-hybridized carbons (Fsp3) is 0.524. The minimum absolute atomic E-state index is 0.253. The number of allylic oxidation sites excluding steroid dienone is 3. The predicted octanol–water partition coefficient (Wildman–Crippen LogP) is 5.70. The maximum atomic E-state index is 6.30. The number of rotatable bonds is 3. The second-order valence-corrected chi connectivity index (χ2v) is 7.24. The fourth-order valence-electron chi connectivity index (χ4n) is 3.95. The van der Waals surface area contributed by atoms with Crippen LogP contribution in [0.5, 0.6) is 0 Å². The van der Waals surface area contributed by atoms with E-state index in [-0.39, 0.29) is 6.10 Å². The molecule has 0 unspecified atom stereocenters. The highest BCUT2D eigenvalue weighted by Gasteiger charge is 2.40. The number of fused-ring (bicyclic) bond motifs is 2. The van der Waals surface area contributed by atoms with Crippen LogP contribution in [-0.2, 0) is 4.74 Å². The van der Waals surface area contributed by atoms with Crippen LogP contribution in [-0.4, -0.2) is 6.61 Å². The summed E-state index contributed by atoms with van der Waals surface area (Å²) in [6.45, 7) is 7.67. The summed E-state index contributed by atoms with van der Waals surface area (Å²) in [7, 11) is 0. The molecule has 0 N–H and O–H groups in total. The Kier molecular flexibility index (Phi) is 4.83. The van der Waals surface area contributed by atoms with Gasteiger partial charge in [-0.3, -0.25) is 0 Å². The summed E-state index contributed by atoms with van der Waals surface area (Å²) in [5.74, 6) is 2.07. The van der Waals surface area contributed by atoms with Crippen molar-refractivity contribution < 1.29 is 4.74 Å². The molecule has 0 aromatic heterocycles. The molecule has 1 heterocycles. The maximum absolute atomic E-state index is 6.30. The summed E-state index contributed by atoms with van der Waals surface area (Å²) in [5.41, 5.74) is 4.36. The van der Waals surface area contributed by atoms with Crippen LogP contribution in [0.4, 0.5) is 0 Å². The van der Waals surface area contributed by atoms with Crippen LogP contribution >= 0.6 is 0 Å². The lowest BCUT2D eigenvalue weighted by Gasteiger charge is -2.45. The zero-order valence-corrected chi connectivity index (χ0v) is 14.1. The molecule has 3 rings (SSSR count). The topological polar surface area (TPSA) is 9.23 Å². The molecule has 1 saturated heterocycles. The van der Waals surface area contributed by atoms with E-state index in [9.17, 15) is 0 Å². The average molecular weight is 296 g/mol. The first-order chi connectivity index (χ1) is 10.6. The molecule has 1 aliphatic carbocycles. The summed E-state index contributed by atoms with van der Waals surface area (Å²) in [6, 6.07) is 10.8. The van der Waals surface area contributed by atoms with E-state index in [4.69, 9.17) is 4.74 Å². The van der Waals surface area contributed by atoms with Crippen molar-refractivity contribution in [3.05, 3.63) is 59.2 Å². The van der Waals surface area contributed by atoms with Crippen molar-refractivity contribution in [1.29, 1.82) is 0 Å². The normalized spacial score (nSPS) is 32.8. The van der Waals surface area contributed by atoms with E-state index in [0.29, 0.717) is 5.92 Å². The van der Waals surface area contributed by atoms with Gasteiger partial charge < -0.3 is 4.74 Å². The van der Waals surface area contributed by atoms with Crippen molar-refractivity contribution in [2.24, 2.45) is 17.8 Å². The number of hydrogen-bond acceptors (Lipinski definition) is 1. The summed E-state index contributed by atoms with van der Waals surface area (Å²) in [5, 5.41) is 0. The van der Waals surface area contributed by atoms with Crippen molar-refractivity contribution in [3.63, 3.8) is 0 Å². The molecule has 2 aliphatic rings. The Morgan fingerprint density at radius 2 is 2.00 bits per heavy atom. The Morgan fingerprint density at radius 1 is 1.23 bits per heavy atom. The van der Waals surface area contributed by atoms with Crippen molar-refractivity contribution in [1.82, 2.24) is 0 Å². The van der Waals surface area contributed by atoms with Crippen molar-refractivity contribution in [3.8, 4) is 0 Å². The molecule has 0 radical (unpaired) electrons. The molecule has 2 fully saturated rings. The highest BCUT2D eigenvalue weighted by molar-refractivity contribution is 5.25. The standard InChI is InChI=1S/C21H28O/c1-15(2)8-7-11-18-12-16(3)19-13-20(18)21(22-14-19)17-9-5-4-6-10-17/h4-6,8-11,16,19-21H,7,12-14H2,1-3H3/b18-11-/t16-,19+,20+,21+/m0/s1. The molecule has 1 aliphatic heterocycles. The molecule has 1 heteroatoms. The number of benzene rings is 1. The van der Waals surface area contributed by atoms with E-state index in [2.05, 4.69) is 63.3 Å². The lowest BCUT2D eigenvalue weighted by Crippen LogP contribution is -2.38. The van der Waals surface area contributed by atoms with Crippen LogP contribution in [0.1, 0.15) is 51.7 Å². The Labute approximate surface area is 135 Å². The maximum Gasteiger partial charge on any atom is 0.0890 e. The Hall–Kier alpha value is -1.34. The molecule has 1 saturated carbocycles. The van der Waals surface area contributed by atoms with Gasteiger partial charge in [0.15, 0.2) is 0 Å². The van der Waals surface area contributed by atoms with E-state index >= 15 is 0 Å². The van der Waals surface area contributed by atoms with E-state index in [1.54, 1.807) is 5.57 Å². The molecule has 4 atom stereocenters. The fourth-order valence-corrected chi connectivity index (χ4v) is 3.95. The first-order valence-corrected chi connectivity index (χ1v) is 8.64. The molecule has 0 spiro atoms. The second kappa shape index (κ2) is 6.83. The summed E-state index contributed by atoms with van der Waals surface area (Å²) < 4.78 is 6.30. The van der Waals surface area contributed by atoms with Gasteiger partial charge in [0.1, 0.15) is 0 Å². The largest absolute Gasteiger partial charge is 0.373 e. The van der Waals surface area contributed by atoms with E-state index in [1.165, 1.54) is 24.0 Å². The Bertz CT molecular complexity index is 551. The minimum Gasteiger partial charge on any atom is -0.373 e. The molecule has 118 valence electrons. The first kappa shape index (κ1) is 15.6. The molecular formula is C21H28O. The number of ether oxygens (including phenoxy) is 1. The van der Waals surface area contributed by atoms with Crippen LogP contribution in [0, 0.1) is 17.8 Å². The van der Waals surface area contributed by atoms with Crippen LogP contribution < -0.4 is 0 Å². The smallest absolute Gasteiger partial charge is 0.0890 e. The molecule has 2 bridgehead atoms. The zero-order chi connectivity index (χ0) is 15.5. The van der Waals surface area contributed by atoms with Crippen LogP contribution in [0.2, 0.25) is 0 Å². The van der Waals surface area contributed by atoms with Crippen LogP contribution in [0.3, 0.4) is 0 Å². The minimum atomic E-state index is 0.253. The molecular weight excluding hydrogens is 268 g/mol. The highest BCUT2D eigenvalue weighted by Crippen LogP contribution is 2.48. The van der Waals surface area contributed by atoms with Gasteiger partial charge in [0.05, 0.1) is 12.7 Å². The molecule has 1 nitrogen and oxygen atoms in total. The van der Waals surface area contributed by atoms with E-state index in [1.807, 2.05) is 0 Å². The van der Waals surface area contributed by atoms with Gasteiger partial charge in [-0.25, -0.2) is 0 Å². The third-order valence-corrected chi connectivity index (χ3v) is 5.28. The number of hydrogen-bond donors (Lipinski definition) is 0. The second-order valence-electron chi connectivity index (χ2n) is 7.24. The van der Waals surface area contributed by atoms with E-state index in [0.717, 1.165) is 24.9 Å². The van der Waals surface area contributed by atoms with Gasteiger partial charge >= 0.3 is 0 Å². The monoisotopic (exact) mass is 296 g/mol. The van der Waals surface area contributed by atoms with Gasteiger partial charge in [-0.2, -0.15) is 0 Å². The summed E-state index contributed by atoms with van der Waals surface area (Å²) in [4.78, 5) is 0. The lowest BCUT2D eigenvalue weighted by atomic mass is 9.67. The quantitative estimate of drug-likeness (QED) is 0.650. The third kappa shape index (κ3) is 3.35. The lowest BCUT2D eigenvalue weighted by molar-refractivity contribution is -0.0746. The predicted molar refractivity (Wildman–Crippen MR) is 92.6 cm³/mol. The average Bonchev–Trinajstić information content (AvgIpc) is 2.53. The first-order valence-electron chi connectivity index (χ1n) is 8.64. The van der Waals surface area contributed by atoms with Crippen LogP contribution in [0.15, 0.2) is 53.6 Å². The summed E-state index contributed by atoms with van der Waals surface area (Å²) >= 11 is 0. The Morgan fingerprint density at radius 3 is 2.73 bits per heavy atom. The molecule has 1 aromatic rings. The van der Waals surface area contributed by atoms with Crippen molar-refractivity contribution >= 4 is 0 Å². The van der Waals surface area contributed by atoms with Gasteiger partial charge in [-0.05, 0) is 50.5 Å². The van der Waals surface area contributed by atoms with Gasteiger partial charge in [0, 0.05) is 5.92 Å².